The van der Waals surface area contributed by atoms with E-state index in [1.807, 2.05) is 30.3 Å². The van der Waals surface area contributed by atoms with Crippen LogP contribution in [0.15, 0.2) is 42.6 Å². The zero-order valence-corrected chi connectivity index (χ0v) is 13.0. The second-order valence-corrected chi connectivity index (χ2v) is 5.89. The molecule has 0 fully saturated rings. The van der Waals surface area contributed by atoms with Crippen molar-refractivity contribution in [1.29, 1.82) is 0 Å². The molecule has 114 valence electrons. The third kappa shape index (κ3) is 2.96. The number of carbonyl (C=O) groups is 1. The van der Waals surface area contributed by atoms with Gasteiger partial charge in [-0.3, -0.25) is 9.78 Å². The molecule has 1 aromatic heterocycles. The number of pyridine rings is 1. The molecule has 0 aliphatic carbocycles. The van der Waals surface area contributed by atoms with Crippen LogP contribution in [-0.4, -0.2) is 36.5 Å². The molecule has 0 saturated carbocycles. The summed E-state index contributed by atoms with van der Waals surface area (Å²) >= 11 is 0. The van der Waals surface area contributed by atoms with Gasteiger partial charge < -0.3 is 9.64 Å². The zero-order valence-electron chi connectivity index (χ0n) is 13.0. The van der Waals surface area contributed by atoms with Crippen molar-refractivity contribution in [3.05, 3.63) is 59.4 Å². The van der Waals surface area contributed by atoms with Gasteiger partial charge in [0.2, 0.25) is 0 Å². The average molecular weight is 296 g/mol. The summed E-state index contributed by atoms with van der Waals surface area (Å²) in [5.74, 6) is 1.32. The van der Waals surface area contributed by atoms with E-state index in [4.69, 9.17) is 4.74 Å². The first-order chi connectivity index (χ1) is 10.6. The summed E-state index contributed by atoms with van der Waals surface area (Å²) in [5.41, 5.74) is 2.77. The van der Waals surface area contributed by atoms with E-state index >= 15 is 0 Å². The van der Waals surface area contributed by atoms with Gasteiger partial charge in [0.05, 0.1) is 17.9 Å². The van der Waals surface area contributed by atoms with Crippen LogP contribution in [0.3, 0.4) is 0 Å². The number of benzene rings is 1. The van der Waals surface area contributed by atoms with Gasteiger partial charge in [-0.05, 0) is 36.6 Å². The van der Waals surface area contributed by atoms with E-state index in [1.165, 1.54) is 5.56 Å². The molecule has 0 radical (unpaired) electrons. The van der Waals surface area contributed by atoms with E-state index in [9.17, 15) is 4.79 Å². The number of ether oxygens (including phenoxy) is 1. The summed E-state index contributed by atoms with van der Waals surface area (Å²) in [6.45, 7) is 0.670. The lowest BCUT2D eigenvalue weighted by Crippen LogP contribution is -2.27. The second kappa shape index (κ2) is 6.18. The summed E-state index contributed by atoms with van der Waals surface area (Å²) in [5, 5.41) is 0. The van der Waals surface area contributed by atoms with Gasteiger partial charge in [0.25, 0.3) is 5.91 Å². The van der Waals surface area contributed by atoms with Gasteiger partial charge in [-0.15, -0.1) is 0 Å². The lowest BCUT2D eigenvalue weighted by Gasteiger charge is -2.25. The SMILES string of the molecule is CN(C)C(=O)c1cccnc1C[C@@H]1COc2ccccc2C1. The van der Waals surface area contributed by atoms with Gasteiger partial charge in [-0.2, -0.15) is 0 Å². The number of amides is 1. The predicted molar refractivity (Wildman–Crippen MR) is 85.1 cm³/mol. The van der Waals surface area contributed by atoms with Gasteiger partial charge in [0.15, 0.2) is 0 Å². The van der Waals surface area contributed by atoms with Crippen molar-refractivity contribution in [2.24, 2.45) is 5.92 Å². The molecule has 22 heavy (non-hydrogen) atoms. The molecule has 1 aliphatic heterocycles. The highest BCUT2D eigenvalue weighted by Crippen LogP contribution is 2.28. The maximum absolute atomic E-state index is 12.3. The highest BCUT2D eigenvalue weighted by Gasteiger charge is 2.23. The lowest BCUT2D eigenvalue weighted by atomic mass is 9.91. The molecule has 2 heterocycles. The summed E-state index contributed by atoms with van der Waals surface area (Å²) in [4.78, 5) is 18.3. The Balaban J connectivity index is 1.79. The van der Waals surface area contributed by atoms with Crippen molar-refractivity contribution in [1.82, 2.24) is 9.88 Å². The molecule has 1 aromatic carbocycles. The van der Waals surface area contributed by atoms with Crippen LogP contribution >= 0.6 is 0 Å². The van der Waals surface area contributed by atoms with Gasteiger partial charge in [0.1, 0.15) is 5.75 Å². The van der Waals surface area contributed by atoms with E-state index in [1.54, 1.807) is 25.2 Å². The second-order valence-electron chi connectivity index (χ2n) is 5.89. The molecule has 1 aliphatic rings. The molecule has 4 heteroatoms. The molecular formula is C18H20N2O2. The maximum Gasteiger partial charge on any atom is 0.255 e. The molecule has 0 N–H and O–H groups in total. The summed E-state index contributed by atoms with van der Waals surface area (Å²) in [6.07, 6.45) is 3.46. The highest BCUT2D eigenvalue weighted by atomic mass is 16.5. The quantitative estimate of drug-likeness (QED) is 0.874. The Morgan fingerprint density at radius 3 is 2.91 bits per heavy atom. The van der Waals surface area contributed by atoms with E-state index in [0.29, 0.717) is 18.1 Å². The Bertz CT molecular complexity index is 682. The van der Waals surface area contributed by atoms with Gasteiger partial charge in [-0.25, -0.2) is 0 Å². The topological polar surface area (TPSA) is 42.4 Å². The van der Waals surface area contributed by atoms with Crippen LogP contribution in [0.4, 0.5) is 0 Å². The average Bonchev–Trinajstić information content (AvgIpc) is 2.54. The third-order valence-electron chi connectivity index (χ3n) is 3.96. The summed E-state index contributed by atoms with van der Waals surface area (Å²) in [6, 6.07) is 11.8. The van der Waals surface area contributed by atoms with E-state index in [2.05, 4.69) is 11.1 Å². The van der Waals surface area contributed by atoms with Gasteiger partial charge in [-0.1, -0.05) is 18.2 Å². The van der Waals surface area contributed by atoms with Crippen LogP contribution < -0.4 is 4.74 Å². The maximum atomic E-state index is 12.3. The normalized spacial score (nSPS) is 16.5. The highest BCUT2D eigenvalue weighted by molar-refractivity contribution is 5.94. The minimum atomic E-state index is 0.000211. The summed E-state index contributed by atoms with van der Waals surface area (Å²) < 4.78 is 5.83. The van der Waals surface area contributed by atoms with E-state index in [-0.39, 0.29) is 5.91 Å². The first-order valence-electron chi connectivity index (χ1n) is 7.51. The van der Waals surface area contributed by atoms with Crippen molar-refractivity contribution in [3.8, 4) is 5.75 Å². The van der Waals surface area contributed by atoms with Crippen molar-refractivity contribution >= 4 is 5.91 Å². The fourth-order valence-corrected chi connectivity index (χ4v) is 2.83. The minimum Gasteiger partial charge on any atom is -0.493 e. The molecule has 0 unspecified atom stereocenters. The Hall–Kier alpha value is -2.36. The van der Waals surface area contributed by atoms with Crippen LogP contribution in [0.1, 0.15) is 21.6 Å². The fraction of sp³-hybridized carbons (Fsp3) is 0.333. The molecule has 1 amide bonds. The van der Waals surface area contributed by atoms with E-state index in [0.717, 1.165) is 24.3 Å². The smallest absolute Gasteiger partial charge is 0.255 e. The van der Waals surface area contributed by atoms with Crippen LogP contribution in [-0.2, 0) is 12.8 Å². The zero-order chi connectivity index (χ0) is 15.5. The van der Waals surface area contributed by atoms with Crippen LogP contribution in [0, 0.1) is 5.92 Å². The molecular weight excluding hydrogens is 276 g/mol. The molecule has 4 nitrogen and oxygen atoms in total. The molecule has 0 bridgehead atoms. The standard InChI is InChI=1S/C18H20N2O2/c1-20(2)18(21)15-7-5-9-19-16(15)11-13-10-14-6-3-4-8-17(14)22-12-13/h3-9,13H,10-12H2,1-2H3/t13-/m1/s1. The predicted octanol–water partition coefficient (Wildman–Crippen LogP) is 2.58. The number of nitrogens with zero attached hydrogens (tertiary/aromatic N) is 2. The number of aromatic nitrogens is 1. The molecule has 2 aromatic rings. The van der Waals surface area contributed by atoms with Crippen LogP contribution in [0.2, 0.25) is 0 Å². The number of para-hydroxylation sites is 1. The summed E-state index contributed by atoms with van der Waals surface area (Å²) in [7, 11) is 3.53. The van der Waals surface area contributed by atoms with Gasteiger partial charge in [0, 0.05) is 26.2 Å². The fourth-order valence-electron chi connectivity index (χ4n) is 2.83. The molecule has 0 spiro atoms. The number of fused-ring (bicyclic) bond motifs is 1. The van der Waals surface area contributed by atoms with Crippen LogP contribution in [0.5, 0.6) is 5.75 Å². The first kappa shape index (κ1) is 14.6. The van der Waals surface area contributed by atoms with Crippen molar-refractivity contribution < 1.29 is 9.53 Å². The van der Waals surface area contributed by atoms with Crippen molar-refractivity contribution in [2.45, 2.75) is 12.8 Å². The Kier molecular flexibility index (Phi) is 4.09. The van der Waals surface area contributed by atoms with Crippen LogP contribution in [0.25, 0.3) is 0 Å². The minimum absolute atomic E-state index is 0.000211. The molecule has 0 saturated heterocycles. The van der Waals surface area contributed by atoms with Crippen molar-refractivity contribution in [2.75, 3.05) is 20.7 Å². The monoisotopic (exact) mass is 296 g/mol. The molecule has 3 rings (SSSR count). The lowest BCUT2D eigenvalue weighted by molar-refractivity contribution is 0.0825. The van der Waals surface area contributed by atoms with Gasteiger partial charge >= 0.3 is 0 Å². The third-order valence-corrected chi connectivity index (χ3v) is 3.96. The number of carbonyl (C=O) groups excluding carboxylic acids is 1. The Morgan fingerprint density at radius 2 is 2.09 bits per heavy atom. The van der Waals surface area contributed by atoms with Crippen molar-refractivity contribution in [3.63, 3.8) is 0 Å². The Morgan fingerprint density at radius 1 is 1.27 bits per heavy atom. The number of rotatable bonds is 3. The Labute approximate surface area is 130 Å². The number of hydrogen-bond donors (Lipinski definition) is 0. The largest absolute Gasteiger partial charge is 0.493 e. The first-order valence-corrected chi connectivity index (χ1v) is 7.51. The molecule has 1 atom stereocenters. The number of hydrogen-bond acceptors (Lipinski definition) is 3. The van der Waals surface area contributed by atoms with E-state index < -0.39 is 0 Å².